The predicted octanol–water partition coefficient (Wildman–Crippen LogP) is 3.22. The van der Waals surface area contributed by atoms with Crippen LogP contribution in [0.5, 0.6) is 0 Å². The lowest BCUT2D eigenvalue weighted by atomic mass is 10.1. The van der Waals surface area contributed by atoms with Gasteiger partial charge in [0, 0.05) is 6.07 Å². The molecule has 0 bridgehead atoms. The number of nitrogens with zero attached hydrogens (tertiary/aromatic N) is 3. The third-order valence-corrected chi connectivity index (χ3v) is 2.60. The molecule has 0 unspecified atom stereocenters. The maximum Gasteiger partial charge on any atom is 0.355 e. The van der Waals surface area contributed by atoms with Crippen LogP contribution in [-0.2, 0) is 0 Å². The number of hydrogen-bond donors (Lipinski definition) is 0. The summed E-state index contributed by atoms with van der Waals surface area (Å²) in [7, 11) is 0. The zero-order valence-corrected chi connectivity index (χ0v) is 10.1. The fourth-order valence-corrected chi connectivity index (χ4v) is 1.80. The van der Waals surface area contributed by atoms with Crippen LogP contribution in [0.2, 0.25) is 5.15 Å². The summed E-state index contributed by atoms with van der Waals surface area (Å²) in [5.41, 5.74) is -0.906. The first-order valence-corrected chi connectivity index (χ1v) is 5.43. The highest BCUT2D eigenvalue weighted by atomic mass is 35.5. The summed E-state index contributed by atoms with van der Waals surface area (Å²) >= 11 is 5.71. The van der Waals surface area contributed by atoms with Crippen LogP contribution < -0.4 is 0 Å². The van der Waals surface area contributed by atoms with E-state index in [9.17, 15) is 20.2 Å². The highest BCUT2D eigenvalue weighted by molar-refractivity contribution is 6.29. The van der Waals surface area contributed by atoms with Crippen molar-refractivity contribution in [2.45, 2.75) is 0 Å². The van der Waals surface area contributed by atoms with E-state index in [1.165, 1.54) is 24.3 Å². The number of nitro groups is 2. The second kappa shape index (κ2) is 4.99. The third-order valence-electron chi connectivity index (χ3n) is 2.39. The van der Waals surface area contributed by atoms with E-state index in [4.69, 9.17) is 11.6 Å². The van der Waals surface area contributed by atoms with E-state index >= 15 is 0 Å². The van der Waals surface area contributed by atoms with Crippen molar-refractivity contribution < 1.29 is 9.85 Å². The number of hydrogen-bond acceptors (Lipinski definition) is 5. The maximum absolute atomic E-state index is 11.0. The molecule has 0 spiro atoms. The van der Waals surface area contributed by atoms with Gasteiger partial charge in [-0.2, -0.15) is 0 Å². The normalized spacial score (nSPS) is 10.2. The van der Waals surface area contributed by atoms with E-state index in [2.05, 4.69) is 4.98 Å². The number of benzene rings is 1. The number of aromatic nitrogens is 1. The Hall–Kier alpha value is -2.54. The first kappa shape index (κ1) is 12.9. The zero-order chi connectivity index (χ0) is 14.0. The Morgan fingerprint density at radius 1 is 1.00 bits per heavy atom. The van der Waals surface area contributed by atoms with Crippen LogP contribution in [0, 0.1) is 20.2 Å². The molecule has 0 N–H and O–H groups in total. The number of nitro benzene ring substituents is 2. The van der Waals surface area contributed by atoms with Crippen molar-refractivity contribution in [2.24, 2.45) is 0 Å². The molecule has 2 rings (SSSR count). The van der Waals surface area contributed by atoms with Crippen molar-refractivity contribution in [2.75, 3.05) is 0 Å². The maximum atomic E-state index is 11.0. The quantitative estimate of drug-likeness (QED) is 0.488. The topological polar surface area (TPSA) is 99.2 Å². The summed E-state index contributed by atoms with van der Waals surface area (Å²) in [6.07, 6.45) is 0. The van der Waals surface area contributed by atoms with Crippen molar-refractivity contribution in [3.05, 3.63) is 61.8 Å². The van der Waals surface area contributed by atoms with E-state index < -0.39 is 21.2 Å². The molecule has 0 radical (unpaired) electrons. The van der Waals surface area contributed by atoms with E-state index in [-0.39, 0.29) is 16.4 Å². The number of pyridine rings is 1. The molecule has 0 saturated carbocycles. The molecular formula is C11H6ClN3O4. The molecule has 0 aliphatic rings. The standard InChI is InChI=1S/C11H6ClN3O4/c12-10-6-2-4-8(13-10)7-3-1-5-9(14(16)17)11(7)15(18)19/h1-6H. The molecule has 96 valence electrons. The summed E-state index contributed by atoms with van der Waals surface area (Å²) < 4.78 is 0. The van der Waals surface area contributed by atoms with Crippen LogP contribution in [0.4, 0.5) is 11.4 Å². The number of para-hydroxylation sites is 1. The minimum Gasteiger partial charge on any atom is -0.258 e. The molecule has 0 amide bonds. The van der Waals surface area contributed by atoms with Crippen molar-refractivity contribution in [3.8, 4) is 11.3 Å². The second-order valence-electron chi connectivity index (χ2n) is 3.53. The Labute approximate surface area is 111 Å². The molecule has 0 aliphatic carbocycles. The van der Waals surface area contributed by atoms with Gasteiger partial charge in [-0.3, -0.25) is 20.2 Å². The first-order chi connectivity index (χ1) is 9.00. The SMILES string of the molecule is O=[N+]([O-])c1cccc(-c2cccc(Cl)n2)c1[N+](=O)[O-]. The highest BCUT2D eigenvalue weighted by Crippen LogP contribution is 2.36. The molecule has 0 fully saturated rings. The summed E-state index contributed by atoms with van der Waals surface area (Å²) in [6, 6.07) is 8.40. The van der Waals surface area contributed by atoms with Crippen LogP contribution in [0.3, 0.4) is 0 Å². The monoisotopic (exact) mass is 279 g/mol. The number of rotatable bonds is 3. The van der Waals surface area contributed by atoms with Gasteiger partial charge in [-0.15, -0.1) is 0 Å². The van der Waals surface area contributed by atoms with Crippen LogP contribution in [0.1, 0.15) is 0 Å². The van der Waals surface area contributed by atoms with Gasteiger partial charge >= 0.3 is 11.4 Å². The average molecular weight is 280 g/mol. The third kappa shape index (κ3) is 2.50. The van der Waals surface area contributed by atoms with Gasteiger partial charge in [-0.25, -0.2) is 4.98 Å². The minimum absolute atomic E-state index is 0.0571. The van der Waals surface area contributed by atoms with Crippen molar-refractivity contribution in [1.82, 2.24) is 4.98 Å². The fraction of sp³-hybridized carbons (Fsp3) is 0. The molecule has 0 saturated heterocycles. The van der Waals surface area contributed by atoms with Crippen molar-refractivity contribution in [1.29, 1.82) is 0 Å². The van der Waals surface area contributed by atoms with E-state index in [0.717, 1.165) is 6.07 Å². The van der Waals surface area contributed by atoms with Crippen LogP contribution >= 0.6 is 11.6 Å². The largest absolute Gasteiger partial charge is 0.355 e. The summed E-state index contributed by atoms with van der Waals surface area (Å²) in [5.74, 6) is 0. The molecular weight excluding hydrogens is 274 g/mol. The highest BCUT2D eigenvalue weighted by Gasteiger charge is 2.29. The molecule has 2 aromatic rings. The van der Waals surface area contributed by atoms with Gasteiger partial charge in [0.15, 0.2) is 0 Å². The van der Waals surface area contributed by atoms with Crippen molar-refractivity contribution >= 4 is 23.0 Å². The van der Waals surface area contributed by atoms with Gasteiger partial charge in [0.2, 0.25) is 0 Å². The van der Waals surface area contributed by atoms with Gasteiger partial charge in [0.05, 0.1) is 21.1 Å². The smallest absolute Gasteiger partial charge is 0.258 e. The van der Waals surface area contributed by atoms with Crippen molar-refractivity contribution in [3.63, 3.8) is 0 Å². The summed E-state index contributed by atoms with van der Waals surface area (Å²) in [6.45, 7) is 0. The Morgan fingerprint density at radius 2 is 1.68 bits per heavy atom. The molecule has 1 aromatic carbocycles. The van der Waals surface area contributed by atoms with Gasteiger partial charge in [0.25, 0.3) is 0 Å². The predicted molar refractivity (Wildman–Crippen MR) is 68.0 cm³/mol. The number of halogens is 1. The Kier molecular flexibility index (Phi) is 3.39. The Morgan fingerprint density at radius 3 is 2.26 bits per heavy atom. The Balaban J connectivity index is 2.73. The molecule has 7 nitrogen and oxygen atoms in total. The first-order valence-electron chi connectivity index (χ1n) is 5.05. The average Bonchev–Trinajstić information content (AvgIpc) is 2.37. The fourth-order valence-electron chi connectivity index (χ4n) is 1.64. The van der Waals surface area contributed by atoms with E-state index in [1.54, 1.807) is 6.07 Å². The van der Waals surface area contributed by atoms with Gasteiger partial charge in [-0.05, 0) is 18.2 Å². The lowest BCUT2D eigenvalue weighted by Gasteiger charge is -2.03. The summed E-state index contributed by atoms with van der Waals surface area (Å²) in [5, 5.41) is 22.0. The van der Waals surface area contributed by atoms with Crippen LogP contribution in [-0.4, -0.2) is 14.8 Å². The van der Waals surface area contributed by atoms with Gasteiger partial charge < -0.3 is 0 Å². The molecule has 1 aromatic heterocycles. The lowest BCUT2D eigenvalue weighted by molar-refractivity contribution is -0.422. The molecule has 1 heterocycles. The minimum atomic E-state index is -0.799. The zero-order valence-electron chi connectivity index (χ0n) is 9.32. The molecule has 8 heteroatoms. The Bertz CT molecular complexity index is 675. The molecule has 19 heavy (non-hydrogen) atoms. The van der Waals surface area contributed by atoms with Gasteiger partial charge in [0.1, 0.15) is 5.15 Å². The van der Waals surface area contributed by atoms with Crippen LogP contribution in [0.15, 0.2) is 36.4 Å². The van der Waals surface area contributed by atoms with E-state index in [1.807, 2.05) is 0 Å². The molecule has 0 atom stereocenters. The van der Waals surface area contributed by atoms with E-state index in [0.29, 0.717) is 0 Å². The lowest BCUT2D eigenvalue weighted by Crippen LogP contribution is -1.99. The van der Waals surface area contributed by atoms with Gasteiger partial charge in [-0.1, -0.05) is 23.7 Å². The summed E-state index contributed by atoms with van der Waals surface area (Å²) in [4.78, 5) is 24.2. The molecule has 0 aliphatic heterocycles. The second-order valence-corrected chi connectivity index (χ2v) is 3.92. The van der Waals surface area contributed by atoms with Crippen LogP contribution in [0.25, 0.3) is 11.3 Å².